The van der Waals surface area contributed by atoms with Crippen LogP contribution in [-0.2, 0) is 11.3 Å². The van der Waals surface area contributed by atoms with Crippen molar-refractivity contribution in [1.29, 1.82) is 0 Å². The van der Waals surface area contributed by atoms with Crippen molar-refractivity contribution in [3.05, 3.63) is 70.4 Å². The number of benzene rings is 1. The van der Waals surface area contributed by atoms with Gasteiger partial charge in [-0.1, -0.05) is 31.5 Å². The van der Waals surface area contributed by atoms with E-state index in [1.165, 1.54) is 7.11 Å². The maximum Gasteiger partial charge on any atom is 0.341 e. The largest absolute Gasteiger partial charge is 0.465 e. The molecule has 1 aromatic carbocycles. The lowest BCUT2D eigenvalue weighted by Gasteiger charge is -2.13. The predicted molar refractivity (Wildman–Crippen MR) is 108 cm³/mol. The normalized spacial score (nSPS) is 11.0. The minimum absolute atomic E-state index is 0.0938. The number of aromatic nitrogens is 2. The first-order valence-electron chi connectivity index (χ1n) is 9.42. The van der Waals surface area contributed by atoms with Gasteiger partial charge in [-0.15, -0.1) is 0 Å². The Morgan fingerprint density at radius 3 is 2.48 bits per heavy atom. The summed E-state index contributed by atoms with van der Waals surface area (Å²) in [5.41, 5.74) is 3.76. The van der Waals surface area contributed by atoms with Crippen molar-refractivity contribution < 1.29 is 18.7 Å². The molecule has 2 aromatic heterocycles. The zero-order chi connectivity index (χ0) is 21.1. The third-order valence-corrected chi connectivity index (χ3v) is 4.67. The maximum absolute atomic E-state index is 12.8. The molecule has 0 saturated carbocycles. The predicted octanol–water partition coefficient (Wildman–Crippen LogP) is 3.92. The van der Waals surface area contributed by atoms with Gasteiger partial charge < -0.3 is 14.5 Å². The summed E-state index contributed by atoms with van der Waals surface area (Å²) in [6.45, 7) is 7.91. The van der Waals surface area contributed by atoms with Crippen LogP contribution in [0.5, 0.6) is 0 Å². The van der Waals surface area contributed by atoms with Gasteiger partial charge in [-0.3, -0.25) is 4.79 Å². The summed E-state index contributed by atoms with van der Waals surface area (Å²) in [7, 11) is 1.31. The molecule has 29 heavy (non-hydrogen) atoms. The van der Waals surface area contributed by atoms with Crippen LogP contribution in [0.2, 0.25) is 0 Å². The highest BCUT2D eigenvalue weighted by atomic mass is 16.5. The quantitative estimate of drug-likeness (QED) is 0.639. The van der Waals surface area contributed by atoms with Crippen molar-refractivity contribution in [3.63, 3.8) is 0 Å². The molecule has 0 unspecified atom stereocenters. The molecule has 0 aliphatic rings. The number of carbonyl (C=O) groups is 2. The molecular formula is C22H25N3O4. The number of carbonyl (C=O) groups excluding carboxylic acids is 2. The highest BCUT2D eigenvalue weighted by Gasteiger charge is 2.22. The summed E-state index contributed by atoms with van der Waals surface area (Å²) in [5.74, 6) is 0.312. The minimum Gasteiger partial charge on any atom is -0.465 e. The Kier molecular flexibility index (Phi) is 5.87. The number of rotatable bonds is 6. The summed E-state index contributed by atoms with van der Waals surface area (Å²) in [5, 5.41) is 7.28. The van der Waals surface area contributed by atoms with Crippen molar-refractivity contribution in [2.45, 2.75) is 40.2 Å². The number of hydrogen-bond donors (Lipinski definition) is 1. The lowest BCUT2D eigenvalue weighted by atomic mass is 10.0. The van der Waals surface area contributed by atoms with Gasteiger partial charge in [-0.05, 0) is 38.0 Å². The summed E-state index contributed by atoms with van der Waals surface area (Å²) < 4.78 is 12.1. The van der Waals surface area contributed by atoms with Crippen molar-refractivity contribution >= 4 is 11.9 Å². The lowest BCUT2D eigenvalue weighted by molar-refractivity contribution is 0.0598. The van der Waals surface area contributed by atoms with E-state index in [-0.39, 0.29) is 18.4 Å². The van der Waals surface area contributed by atoms with Crippen LogP contribution in [-0.4, -0.2) is 28.8 Å². The number of nitrogens with zero attached hydrogens (tertiary/aromatic N) is 2. The molecular weight excluding hydrogens is 370 g/mol. The van der Waals surface area contributed by atoms with Crippen LogP contribution in [0.3, 0.4) is 0 Å². The van der Waals surface area contributed by atoms with Crippen LogP contribution in [0.15, 0.2) is 40.9 Å². The molecule has 152 valence electrons. The third-order valence-electron chi connectivity index (χ3n) is 4.67. The Morgan fingerprint density at radius 2 is 1.86 bits per heavy atom. The monoisotopic (exact) mass is 395 g/mol. The molecule has 2 heterocycles. The second-order valence-electron chi connectivity index (χ2n) is 7.20. The van der Waals surface area contributed by atoms with E-state index in [9.17, 15) is 9.59 Å². The average molecular weight is 395 g/mol. The summed E-state index contributed by atoms with van der Waals surface area (Å²) >= 11 is 0. The van der Waals surface area contributed by atoms with Crippen LogP contribution in [0, 0.1) is 13.8 Å². The van der Waals surface area contributed by atoms with E-state index in [4.69, 9.17) is 9.15 Å². The number of esters is 1. The smallest absolute Gasteiger partial charge is 0.341 e. The lowest BCUT2D eigenvalue weighted by Crippen LogP contribution is -2.24. The van der Waals surface area contributed by atoms with Gasteiger partial charge >= 0.3 is 5.97 Å². The zero-order valence-electron chi connectivity index (χ0n) is 17.3. The number of amides is 1. The van der Waals surface area contributed by atoms with E-state index in [1.54, 1.807) is 23.9 Å². The zero-order valence-corrected chi connectivity index (χ0v) is 17.3. The number of ether oxygens (including phenoxy) is 1. The highest BCUT2D eigenvalue weighted by molar-refractivity contribution is 5.95. The minimum atomic E-state index is -0.467. The van der Waals surface area contributed by atoms with E-state index < -0.39 is 5.97 Å². The summed E-state index contributed by atoms with van der Waals surface area (Å²) in [6.07, 6.45) is 1.58. The molecule has 0 bridgehead atoms. The number of methoxy groups -OCH3 is 1. The fourth-order valence-electron chi connectivity index (χ4n) is 3.19. The fourth-order valence-corrected chi connectivity index (χ4v) is 3.19. The average Bonchev–Trinajstić information content (AvgIpc) is 3.30. The van der Waals surface area contributed by atoms with E-state index in [0.717, 1.165) is 16.9 Å². The molecule has 7 nitrogen and oxygen atoms in total. The van der Waals surface area contributed by atoms with Crippen LogP contribution in [0.1, 0.15) is 63.3 Å². The molecule has 3 rings (SSSR count). The Hall–Kier alpha value is -3.35. The van der Waals surface area contributed by atoms with E-state index in [2.05, 4.69) is 10.4 Å². The first-order valence-corrected chi connectivity index (χ1v) is 9.42. The van der Waals surface area contributed by atoms with Crippen LogP contribution >= 0.6 is 0 Å². The second kappa shape index (κ2) is 8.34. The van der Waals surface area contributed by atoms with Crippen molar-refractivity contribution in [1.82, 2.24) is 15.1 Å². The molecule has 0 aliphatic carbocycles. The van der Waals surface area contributed by atoms with E-state index >= 15 is 0 Å². The topological polar surface area (TPSA) is 86.4 Å². The fraction of sp³-hybridized carbons (Fsp3) is 0.318. The molecule has 0 atom stereocenters. The molecule has 1 N–H and O–H groups in total. The molecule has 3 aromatic rings. The third kappa shape index (κ3) is 4.23. The Balaban J connectivity index is 1.81. The van der Waals surface area contributed by atoms with Crippen LogP contribution in [0.25, 0.3) is 5.69 Å². The van der Waals surface area contributed by atoms with Crippen molar-refractivity contribution in [2.75, 3.05) is 7.11 Å². The van der Waals surface area contributed by atoms with Gasteiger partial charge in [0.15, 0.2) is 0 Å². The van der Waals surface area contributed by atoms with Gasteiger partial charge in [-0.2, -0.15) is 5.10 Å². The van der Waals surface area contributed by atoms with E-state index in [0.29, 0.717) is 22.6 Å². The first-order chi connectivity index (χ1) is 13.8. The standard InChI is InChI=1S/C22H25N3O4/c1-13(2)20-19(12-24-25(20)16-8-6-14(3)7-9-16)21(26)23-11-17-10-18(15(4)29-17)22(27)28-5/h6-10,12-13H,11H2,1-5H3,(H,23,26). The molecule has 0 fully saturated rings. The van der Waals surface area contributed by atoms with Crippen LogP contribution in [0.4, 0.5) is 0 Å². The molecule has 1 amide bonds. The molecule has 0 spiro atoms. The van der Waals surface area contributed by atoms with Crippen LogP contribution < -0.4 is 5.32 Å². The van der Waals surface area contributed by atoms with Gasteiger partial charge in [0.05, 0.1) is 36.8 Å². The first kappa shape index (κ1) is 20.4. The molecule has 0 saturated heterocycles. The number of aryl methyl sites for hydroxylation is 2. The van der Waals surface area contributed by atoms with Gasteiger partial charge in [0.1, 0.15) is 17.1 Å². The van der Waals surface area contributed by atoms with Gasteiger partial charge in [-0.25, -0.2) is 9.48 Å². The summed E-state index contributed by atoms with van der Waals surface area (Å²) in [4.78, 5) is 24.5. The highest BCUT2D eigenvalue weighted by Crippen LogP contribution is 2.23. The molecule has 7 heteroatoms. The van der Waals surface area contributed by atoms with Gasteiger partial charge in [0, 0.05) is 0 Å². The second-order valence-corrected chi connectivity index (χ2v) is 7.20. The van der Waals surface area contributed by atoms with Crippen molar-refractivity contribution in [2.24, 2.45) is 0 Å². The number of hydrogen-bond acceptors (Lipinski definition) is 5. The van der Waals surface area contributed by atoms with Gasteiger partial charge in [0.25, 0.3) is 5.91 Å². The number of furan rings is 1. The Bertz CT molecular complexity index is 1030. The van der Waals surface area contributed by atoms with Gasteiger partial charge in [0.2, 0.25) is 0 Å². The summed E-state index contributed by atoms with van der Waals surface area (Å²) in [6, 6.07) is 9.57. The SMILES string of the molecule is COC(=O)c1cc(CNC(=O)c2cnn(-c3ccc(C)cc3)c2C(C)C)oc1C. The molecule has 0 aliphatic heterocycles. The Morgan fingerprint density at radius 1 is 1.17 bits per heavy atom. The Labute approximate surface area is 169 Å². The van der Waals surface area contributed by atoms with E-state index in [1.807, 2.05) is 45.0 Å². The van der Waals surface area contributed by atoms with Crippen molar-refractivity contribution in [3.8, 4) is 5.69 Å². The molecule has 0 radical (unpaired) electrons. The number of nitrogens with one attached hydrogen (secondary N) is 1. The maximum atomic E-state index is 12.8.